The highest BCUT2D eigenvalue weighted by Crippen LogP contribution is 2.36. The zero-order valence-corrected chi connectivity index (χ0v) is 17.9. The molecule has 0 amide bonds. The molecule has 3 aromatic rings. The molecule has 1 N–H and O–H groups in total. The van der Waals surface area contributed by atoms with E-state index in [1.54, 1.807) is 30.5 Å². The van der Waals surface area contributed by atoms with Crippen LogP contribution in [0, 0.1) is 5.41 Å². The lowest BCUT2D eigenvalue weighted by molar-refractivity contribution is -0.274. The standard InChI is InChI=1S/C23H24ClF3N2O/c1-22(2,3)11-4-12-28-21-18-10-7-16(24)13-20(18)29-14-19(21)15-5-8-17(9-6-15)30-23(25,26)27/h5-10,13-14H,4,11-12H2,1-3H3,(H,28,29). The van der Waals surface area contributed by atoms with E-state index in [4.69, 9.17) is 11.6 Å². The highest BCUT2D eigenvalue weighted by Gasteiger charge is 2.31. The minimum Gasteiger partial charge on any atom is -0.406 e. The van der Waals surface area contributed by atoms with Gasteiger partial charge in [0.2, 0.25) is 0 Å². The van der Waals surface area contributed by atoms with Gasteiger partial charge in [-0.05, 0) is 54.2 Å². The van der Waals surface area contributed by atoms with Gasteiger partial charge in [0.05, 0.1) is 11.2 Å². The molecule has 0 spiro atoms. The van der Waals surface area contributed by atoms with Crippen LogP contribution in [0.4, 0.5) is 18.9 Å². The van der Waals surface area contributed by atoms with Crippen molar-refractivity contribution in [3.05, 3.63) is 53.7 Å². The van der Waals surface area contributed by atoms with Crippen molar-refractivity contribution in [3.8, 4) is 16.9 Å². The molecular weight excluding hydrogens is 413 g/mol. The van der Waals surface area contributed by atoms with Gasteiger partial charge in [0.15, 0.2) is 0 Å². The molecule has 0 radical (unpaired) electrons. The second-order valence-electron chi connectivity index (χ2n) is 8.37. The maximum atomic E-state index is 12.4. The Morgan fingerprint density at radius 3 is 2.37 bits per heavy atom. The van der Waals surface area contributed by atoms with Crippen molar-refractivity contribution < 1.29 is 17.9 Å². The molecule has 0 saturated carbocycles. The van der Waals surface area contributed by atoms with Crippen LogP contribution in [0.5, 0.6) is 5.75 Å². The van der Waals surface area contributed by atoms with Crippen molar-refractivity contribution in [1.29, 1.82) is 0 Å². The summed E-state index contributed by atoms with van der Waals surface area (Å²) < 4.78 is 41.3. The number of hydrogen-bond donors (Lipinski definition) is 1. The van der Waals surface area contributed by atoms with Crippen molar-refractivity contribution in [2.75, 3.05) is 11.9 Å². The van der Waals surface area contributed by atoms with E-state index < -0.39 is 6.36 Å². The number of nitrogens with zero attached hydrogens (tertiary/aromatic N) is 1. The smallest absolute Gasteiger partial charge is 0.406 e. The van der Waals surface area contributed by atoms with Crippen LogP contribution in [-0.2, 0) is 0 Å². The first-order valence-electron chi connectivity index (χ1n) is 9.70. The van der Waals surface area contributed by atoms with Gasteiger partial charge in [-0.2, -0.15) is 0 Å². The predicted octanol–water partition coefficient (Wildman–Crippen LogP) is 7.69. The fourth-order valence-electron chi connectivity index (χ4n) is 3.24. The number of pyridine rings is 1. The van der Waals surface area contributed by atoms with Crippen molar-refractivity contribution in [2.24, 2.45) is 5.41 Å². The summed E-state index contributed by atoms with van der Waals surface area (Å²) in [6.45, 7) is 7.37. The van der Waals surface area contributed by atoms with E-state index in [9.17, 15) is 13.2 Å². The Hall–Kier alpha value is -2.47. The third kappa shape index (κ3) is 6.02. The third-order valence-corrected chi connectivity index (χ3v) is 4.87. The molecule has 3 rings (SSSR count). The summed E-state index contributed by atoms with van der Waals surface area (Å²) in [5.41, 5.74) is 3.43. The lowest BCUT2D eigenvalue weighted by Crippen LogP contribution is -2.16. The molecule has 0 atom stereocenters. The van der Waals surface area contributed by atoms with Crippen molar-refractivity contribution in [3.63, 3.8) is 0 Å². The number of hydrogen-bond acceptors (Lipinski definition) is 3. The average Bonchev–Trinajstić information content (AvgIpc) is 2.63. The molecule has 160 valence electrons. The number of rotatable bonds is 6. The van der Waals surface area contributed by atoms with E-state index in [2.05, 4.69) is 35.8 Å². The van der Waals surface area contributed by atoms with Crippen LogP contribution in [0.2, 0.25) is 5.02 Å². The van der Waals surface area contributed by atoms with Gasteiger partial charge >= 0.3 is 6.36 Å². The van der Waals surface area contributed by atoms with E-state index >= 15 is 0 Å². The van der Waals surface area contributed by atoms with Gasteiger partial charge in [-0.15, -0.1) is 13.2 Å². The highest BCUT2D eigenvalue weighted by molar-refractivity contribution is 6.31. The zero-order valence-electron chi connectivity index (χ0n) is 17.1. The molecule has 0 unspecified atom stereocenters. The van der Waals surface area contributed by atoms with Crippen LogP contribution in [0.25, 0.3) is 22.0 Å². The minimum atomic E-state index is -4.72. The Bertz CT molecular complexity index is 1010. The molecule has 0 saturated heterocycles. The molecule has 1 heterocycles. The molecular formula is C23H24ClF3N2O. The fourth-order valence-corrected chi connectivity index (χ4v) is 3.41. The van der Waals surface area contributed by atoms with Gasteiger partial charge in [0.1, 0.15) is 5.75 Å². The van der Waals surface area contributed by atoms with Crippen LogP contribution < -0.4 is 10.1 Å². The van der Waals surface area contributed by atoms with Gasteiger partial charge in [0, 0.05) is 28.7 Å². The third-order valence-electron chi connectivity index (χ3n) is 4.64. The number of benzene rings is 2. The highest BCUT2D eigenvalue weighted by atomic mass is 35.5. The number of nitrogens with one attached hydrogen (secondary N) is 1. The number of alkyl halides is 3. The molecule has 1 aromatic heterocycles. The van der Waals surface area contributed by atoms with Crippen molar-refractivity contribution in [2.45, 2.75) is 40.0 Å². The van der Waals surface area contributed by atoms with Crippen molar-refractivity contribution >= 4 is 28.2 Å². The predicted molar refractivity (Wildman–Crippen MR) is 116 cm³/mol. The number of halogens is 4. The average molecular weight is 437 g/mol. The fraction of sp³-hybridized carbons (Fsp3) is 0.348. The molecule has 30 heavy (non-hydrogen) atoms. The number of aromatic nitrogens is 1. The summed E-state index contributed by atoms with van der Waals surface area (Å²) in [4.78, 5) is 4.49. The molecule has 2 aromatic carbocycles. The normalized spacial score (nSPS) is 12.2. The molecule has 0 bridgehead atoms. The number of anilines is 1. The summed E-state index contributed by atoms with van der Waals surface area (Å²) in [6.07, 6.45) is -0.957. The first-order chi connectivity index (χ1) is 14.0. The summed E-state index contributed by atoms with van der Waals surface area (Å²) in [7, 11) is 0. The first kappa shape index (κ1) is 22.2. The van der Waals surface area contributed by atoms with E-state index in [0.717, 1.165) is 47.1 Å². The van der Waals surface area contributed by atoms with E-state index in [1.165, 1.54) is 12.1 Å². The molecule has 0 aliphatic carbocycles. The van der Waals surface area contributed by atoms with Gasteiger partial charge in [-0.25, -0.2) is 0 Å². The number of fused-ring (bicyclic) bond motifs is 1. The lowest BCUT2D eigenvalue weighted by Gasteiger charge is -2.19. The van der Waals surface area contributed by atoms with Crippen LogP contribution >= 0.6 is 11.6 Å². The molecule has 7 heteroatoms. The maximum Gasteiger partial charge on any atom is 0.573 e. The molecule has 3 nitrogen and oxygen atoms in total. The van der Waals surface area contributed by atoms with Crippen LogP contribution in [0.1, 0.15) is 33.6 Å². The molecule has 0 fully saturated rings. The monoisotopic (exact) mass is 436 g/mol. The van der Waals surface area contributed by atoms with E-state index in [1.807, 2.05) is 6.07 Å². The largest absolute Gasteiger partial charge is 0.573 e. The Labute approximate surface area is 179 Å². The topological polar surface area (TPSA) is 34.1 Å². The molecule has 0 aliphatic rings. The van der Waals surface area contributed by atoms with Gasteiger partial charge < -0.3 is 10.1 Å². The first-order valence-corrected chi connectivity index (χ1v) is 10.1. The SMILES string of the molecule is CC(C)(C)CCCNc1c(-c2ccc(OC(F)(F)F)cc2)cnc2cc(Cl)ccc12. The Balaban J connectivity index is 1.94. The summed E-state index contributed by atoms with van der Waals surface area (Å²) in [5.74, 6) is -0.258. The van der Waals surface area contributed by atoms with E-state index in [-0.39, 0.29) is 11.2 Å². The second-order valence-corrected chi connectivity index (χ2v) is 8.81. The Morgan fingerprint density at radius 1 is 1.03 bits per heavy atom. The van der Waals surface area contributed by atoms with Crippen molar-refractivity contribution in [1.82, 2.24) is 4.98 Å². The van der Waals surface area contributed by atoms with E-state index in [0.29, 0.717) is 5.02 Å². The molecule has 0 aliphatic heterocycles. The second kappa shape index (κ2) is 8.72. The van der Waals surface area contributed by atoms with Crippen LogP contribution in [0.3, 0.4) is 0 Å². The summed E-state index contributed by atoms with van der Waals surface area (Å²) in [6, 6.07) is 11.3. The van der Waals surface area contributed by atoms with Crippen LogP contribution in [-0.4, -0.2) is 17.9 Å². The summed E-state index contributed by atoms with van der Waals surface area (Å²) >= 11 is 6.11. The zero-order chi connectivity index (χ0) is 21.9. The minimum absolute atomic E-state index is 0.243. The van der Waals surface area contributed by atoms with Gasteiger partial charge in [-0.1, -0.05) is 44.5 Å². The van der Waals surface area contributed by atoms with Gasteiger partial charge in [-0.3, -0.25) is 4.98 Å². The Kier molecular flexibility index (Phi) is 6.46. The lowest BCUT2D eigenvalue weighted by atomic mass is 9.90. The quantitative estimate of drug-likeness (QED) is 0.402. The van der Waals surface area contributed by atoms with Crippen LogP contribution in [0.15, 0.2) is 48.7 Å². The maximum absolute atomic E-state index is 12.4. The Morgan fingerprint density at radius 2 is 1.73 bits per heavy atom. The number of ether oxygens (including phenoxy) is 1. The summed E-state index contributed by atoms with van der Waals surface area (Å²) in [5, 5.41) is 5.00. The van der Waals surface area contributed by atoms with Gasteiger partial charge in [0.25, 0.3) is 0 Å².